The van der Waals surface area contributed by atoms with Crippen LogP contribution in [0, 0.1) is 0 Å². The molecule has 0 aromatic carbocycles. The second-order valence-electron chi connectivity index (χ2n) is 1.12. The molecule has 0 amide bonds. The summed E-state index contributed by atoms with van der Waals surface area (Å²) in [5.41, 5.74) is 0. The van der Waals surface area contributed by atoms with Gasteiger partial charge in [-0.25, -0.2) is 14.4 Å². The average molecular weight is 242 g/mol. The summed E-state index contributed by atoms with van der Waals surface area (Å²) in [4.78, 5) is 23.7. The van der Waals surface area contributed by atoms with Gasteiger partial charge >= 0.3 is 74.8 Å². The van der Waals surface area contributed by atoms with E-state index >= 15 is 0 Å². The molecular weight excluding hydrogens is 236 g/mol. The SMILES string of the molecule is O=P(O)(O)OP(=O)(O)OO.[H-].[H-].[Na+].[Na+]. The van der Waals surface area contributed by atoms with E-state index in [2.05, 4.69) is 8.99 Å². The van der Waals surface area contributed by atoms with Crippen LogP contribution in [0.25, 0.3) is 0 Å². The molecule has 0 aromatic rings. The van der Waals surface area contributed by atoms with Crippen molar-refractivity contribution in [2.45, 2.75) is 0 Å². The average Bonchev–Trinajstić information content (AvgIpc) is 1.60. The van der Waals surface area contributed by atoms with E-state index < -0.39 is 15.6 Å². The summed E-state index contributed by atoms with van der Waals surface area (Å²) in [5.74, 6) is 0. The number of rotatable bonds is 3. The number of hydrogen-bond donors (Lipinski definition) is 4. The van der Waals surface area contributed by atoms with Crippen molar-refractivity contribution >= 4 is 15.6 Å². The first kappa shape index (κ1) is 19.7. The van der Waals surface area contributed by atoms with Gasteiger partial charge in [0.2, 0.25) is 0 Å². The van der Waals surface area contributed by atoms with Gasteiger partial charge in [-0.1, -0.05) is 0 Å². The first-order valence-corrected chi connectivity index (χ1v) is 4.72. The third-order valence-electron chi connectivity index (χ3n) is 0.313. The molecule has 0 saturated heterocycles. The van der Waals surface area contributed by atoms with Crippen LogP contribution in [0.3, 0.4) is 0 Å². The van der Waals surface area contributed by atoms with E-state index in [1.165, 1.54) is 0 Å². The molecular formula is H6Na2O8P2. The van der Waals surface area contributed by atoms with E-state index in [1.54, 1.807) is 0 Å². The second kappa shape index (κ2) is 7.50. The van der Waals surface area contributed by atoms with Crippen molar-refractivity contribution in [3.8, 4) is 0 Å². The predicted octanol–water partition coefficient (Wildman–Crippen LogP) is -6.08. The molecule has 0 fully saturated rings. The Bertz CT molecular complexity index is 202. The molecule has 0 aromatic heterocycles. The van der Waals surface area contributed by atoms with Crippen LogP contribution < -0.4 is 59.1 Å². The topological polar surface area (TPSA) is 134 Å². The Kier molecular flexibility index (Phi) is 12.3. The maximum absolute atomic E-state index is 9.97. The molecule has 8 nitrogen and oxygen atoms in total. The summed E-state index contributed by atoms with van der Waals surface area (Å²) in [6.07, 6.45) is 0. The first-order chi connectivity index (χ1) is 4.27. The molecule has 0 bridgehead atoms. The van der Waals surface area contributed by atoms with Crippen molar-refractivity contribution in [2.75, 3.05) is 0 Å². The molecule has 0 aliphatic rings. The minimum absolute atomic E-state index is 0. The molecule has 1 unspecified atom stereocenters. The quantitative estimate of drug-likeness (QED) is 0.166. The van der Waals surface area contributed by atoms with Crippen molar-refractivity contribution in [3.05, 3.63) is 0 Å². The first-order valence-electron chi connectivity index (χ1n) is 1.70. The standard InChI is InChI=1S/2Na.H4O8P2.2H/c;;1-7-10(5,6)8-9(2,3)4;;/h;;1H,(H,5,6)(H2,2,3,4);;/q2*+1;;2*-1. The van der Waals surface area contributed by atoms with Crippen LogP contribution in [0.4, 0.5) is 0 Å². The van der Waals surface area contributed by atoms with E-state index in [0.717, 1.165) is 0 Å². The summed E-state index contributed by atoms with van der Waals surface area (Å²) in [7, 11) is -10.1. The molecule has 0 heterocycles. The summed E-state index contributed by atoms with van der Waals surface area (Å²) in [5, 5.41) is 7.48. The van der Waals surface area contributed by atoms with Crippen LogP contribution in [0.2, 0.25) is 0 Å². The minimum atomic E-state index is -5.10. The number of phosphoric acid groups is 2. The van der Waals surface area contributed by atoms with Crippen molar-refractivity contribution in [1.29, 1.82) is 0 Å². The van der Waals surface area contributed by atoms with Crippen molar-refractivity contribution in [1.82, 2.24) is 0 Å². The van der Waals surface area contributed by atoms with Crippen LogP contribution in [0.15, 0.2) is 0 Å². The summed E-state index contributed by atoms with van der Waals surface area (Å²) in [6, 6.07) is 0. The molecule has 1 atom stereocenters. The van der Waals surface area contributed by atoms with Crippen LogP contribution in [-0.2, 0) is 18.1 Å². The maximum atomic E-state index is 9.97. The van der Waals surface area contributed by atoms with Gasteiger partial charge in [0.05, 0.1) is 0 Å². The van der Waals surface area contributed by atoms with Gasteiger partial charge in [-0.05, 0) is 0 Å². The normalized spacial score (nSPS) is 15.3. The summed E-state index contributed by atoms with van der Waals surface area (Å²) >= 11 is 0. The fourth-order valence-electron chi connectivity index (χ4n) is 0.149. The van der Waals surface area contributed by atoms with E-state index in [1.807, 2.05) is 0 Å². The van der Waals surface area contributed by atoms with Gasteiger partial charge in [-0.2, -0.15) is 4.31 Å². The molecule has 0 spiro atoms. The van der Waals surface area contributed by atoms with Gasteiger partial charge < -0.3 is 17.5 Å². The molecule has 0 saturated carbocycles. The zero-order valence-electron chi connectivity index (χ0n) is 8.32. The van der Waals surface area contributed by atoms with E-state index in [0.29, 0.717) is 0 Å². The summed E-state index contributed by atoms with van der Waals surface area (Å²) < 4.78 is 25.5. The van der Waals surface area contributed by atoms with Gasteiger partial charge in [-0.15, -0.1) is 4.67 Å². The Morgan fingerprint density at radius 1 is 1.08 bits per heavy atom. The third kappa shape index (κ3) is 12.2. The second-order valence-corrected chi connectivity index (χ2v) is 3.86. The van der Waals surface area contributed by atoms with E-state index in [4.69, 9.17) is 19.9 Å². The Hall–Kier alpha value is 2.22. The van der Waals surface area contributed by atoms with E-state index in [-0.39, 0.29) is 62.0 Å². The van der Waals surface area contributed by atoms with Crippen molar-refractivity contribution in [3.63, 3.8) is 0 Å². The zero-order valence-corrected chi connectivity index (χ0v) is 12.1. The molecule has 0 aliphatic heterocycles. The predicted molar refractivity (Wildman–Crippen MR) is 28.9 cm³/mol. The Balaban J connectivity index is -0.0000000675. The minimum Gasteiger partial charge on any atom is -1.00 e. The van der Waals surface area contributed by atoms with Crippen LogP contribution in [0.5, 0.6) is 0 Å². The van der Waals surface area contributed by atoms with E-state index in [9.17, 15) is 9.13 Å². The van der Waals surface area contributed by atoms with Crippen LogP contribution >= 0.6 is 15.6 Å². The largest absolute Gasteiger partial charge is 1.00 e. The molecule has 0 radical (unpaired) electrons. The Labute approximate surface area is 115 Å². The Morgan fingerprint density at radius 3 is 1.50 bits per heavy atom. The van der Waals surface area contributed by atoms with Crippen molar-refractivity contribution < 1.29 is 100 Å². The maximum Gasteiger partial charge on any atom is 1.00 e. The van der Waals surface area contributed by atoms with Crippen LogP contribution in [0.1, 0.15) is 2.85 Å². The summed E-state index contributed by atoms with van der Waals surface area (Å²) in [6.45, 7) is 0. The number of hydrogen-bond acceptors (Lipinski definition) is 5. The van der Waals surface area contributed by atoms with Gasteiger partial charge in [0, 0.05) is 0 Å². The fraction of sp³-hybridized carbons (Fsp3) is 0. The third-order valence-corrected chi connectivity index (χ3v) is 2.20. The fourth-order valence-corrected chi connectivity index (χ4v) is 1.34. The monoisotopic (exact) mass is 242 g/mol. The molecule has 12 heteroatoms. The van der Waals surface area contributed by atoms with Crippen molar-refractivity contribution in [2.24, 2.45) is 0 Å². The molecule has 66 valence electrons. The van der Waals surface area contributed by atoms with Gasteiger partial charge in [0.15, 0.2) is 0 Å². The molecule has 0 aliphatic carbocycles. The van der Waals surface area contributed by atoms with Gasteiger partial charge in [0.25, 0.3) is 0 Å². The Morgan fingerprint density at radius 2 is 1.42 bits per heavy atom. The smallest absolute Gasteiger partial charge is 1.00 e. The van der Waals surface area contributed by atoms with Gasteiger partial charge in [-0.3, -0.25) is 0 Å². The molecule has 4 N–H and O–H groups in total. The van der Waals surface area contributed by atoms with Gasteiger partial charge in [0.1, 0.15) is 0 Å². The van der Waals surface area contributed by atoms with Crippen LogP contribution in [-0.4, -0.2) is 19.9 Å². The molecule has 12 heavy (non-hydrogen) atoms. The molecule has 0 rings (SSSR count). The zero-order chi connectivity index (χ0) is 8.41.